The Balaban J connectivity index is 2.03. The molecule has 3 aromatic rings. The third-order valence-corrected chi connectivity index (χ3v) is 6.10. The zero-order valence-electron chi connectivity index (χ0n) is 22.3. The minimum atomic E-state index is -0.671. The van der Waals surface area contributed by atoms with E-state index in [0.717, 1.165) is 27.8 Å². The number of aryl methyl sites for hydroxylation is 2. The van der Waals surface area contributed by atoms with E-state index in [2.05, 4.69) is 11.4 Å². The van der Waals surface area contributed by atoms with Crippen LogP contribution in [0.1, 0.15) is 48.6 Å². The second kappa shape index (κ2) is 11.9. The number of rotatable bonds is 9. The molecule has 0 saturated heterocycles. The number of ether oxygens (including phenoxy) is 1. The maximum Gasteiger partial charge on any atom is 0.243 e. The van der Waals surface area contributed by atoms with Crippen LogP contribution in [0.3, 0.4) is 0 Å². The van der Waals surface area contributed by atoms with Crippen molar-refractivity contribution >= 4 is 11.8 Å². The van der Waals surface area contributed by atoms with Crippen molar-refractivity contribution in [2.75, 3.05) is 7.11 Å². The van der Waals surface area contributed by atoms with Gasteiger partial charge in [-0.25, -0.2) is 0 Å². The summed E-state index contributed by atoms with van der Waals surface area (Å²) in [7, 11) is 1.62. The summed E-state index contributed by atoms with van der Waals surface area (Å²) in [6.07, 6.45) is 0.650. The first kappa shape index (κ1) is 27.0. The van der Waals surface area contributed by atoms with Gasteiger partial charge in [-0.15, -0.1) is 0 Å². The monoisotopic (exact) mass is 486 g/mol. The third kappa shape index (κ3) is 7.70. The fraction of sp³-hybridized carbons (Fsp3) is 0.355. The molecule has 0 saturated carbocycles. The van der Waals surface area contributed by atoms with Crippen LogP contribution >= 0.6 is 0 Å². The van der Waals surface area contributed by atoms with Crippen molar-refractivity contribution in [3.63, 3.8) is 0 Å². The number of nitrogens with zero attached hydrogens (tertiary/aromatic N) is 1. The molecule has 5 nitrogen and oxygen atoms in total. The molecule has 1 N–H and O–H groups in total. The van der Waals surface area contributed by atoms with Crippen molar-refractivity contribution in [3.05, 3.63) is 101 Å². The van der Waals surface area contributed by atoms with Crippen LogP contribution in [0.4, 0.5) is 0 Å². The van der Waals surface area contributed by atoms with E-state index < -0.39 is 11.6 Å². The number of nitrogens with one attached hydrogen (secondary N) is 1. The molecule has 0 radical (unpaired) electrons. The van der Waals surface area contributed by atoms with E-state index in [-0.39, 0.29) is 18.2 Å². The van der Waals surface area contributed by atoms with Crippen molar-refractivity contribution in [1.82, 2.24) is 10.2 Å². The summed E-state index contributed by atoms with van der Waals surface area (Å²) >= 11 is 0. The van der Waals surface area contributed by atoms with Gasteiger partial charge >= 0.3 is 0 Å². The molecule has 3 rings (SSSR count). The minimum absolute atomic E-state index is 0.0866. The number of carbonyl (C=O) groups excluding carboxylic acids is 2. The van der Waals surface area contributed by atoms with Gasteiger partial charge in [-0.2, -0.15) is 0 Å². The van der Waals surface area contributed by atoms with Gasteiger partial charge < -0.3 is 15.0 Å². The zero-order chi connectivity index (χ0) is 26.3. The summed E-state index contributed by atoms with van der Waals surface area (Å²) in [6, 6.07) is 23.0. The van der Waals surface area contributed by atoms with E-state index in [9.17, 15) is 9.59 Å². The lowest BCUT2D eigenvalue weighted by atomic mass is 9.98. The summed E-state index contributed by atoms with van der Waals surface area (Å²) in [5.41, 5.74) is 4.63. The zero-order valence-corrected chi connectivity index (χ0v) is 22.3. The molecule has 5 heteroatoms. The maximum atomic E-state index is 14.0. The van der Waals surface area contributed by atoms with Crippen LogP contribution in [0.2, 0.25) is 0 Å². The Morgan fingerprint density at radius 2 is 1.61 bits per heavy atom. The van der Waals surface area contributed by atoms with E-state index in [1.807, 2.05) is 101 Å². The van der Waals surface area contributed by atoms with E-state index in [1.165, 1.54) is 0 Å². The average molecular weight is 487 g/mol. The van der Waals surface area contributed by atoms with Crippen LogP contribution in [0.15, 0.2) is 72.8 Å². The van der Waals surface area contributed by atoms with Gasteiger partial charge in [0.15, 0.2) is 0 Å². The van der Waals surface area contributed by atoms with Crippen molar-refractivity contribution in [2.24, 2.45) is 0 Å². The van der Waals surface area contributed by atoms with Crippen molar-refractivity contribution in [2.45, 2.75) is 65.6 Å². The summed E-state index contributed by atoms with van der Waals surface area (Å²) < 4.78 is 5.41. The fourth-order valence-corrected chi connectivity index (χ4v) is 4.23. The second-order valence-electron chi connectivity index (χ2n) is 10.4. The minimum Gasteiger partial charge on any atom is -0.497 e. The van der Waals surface area contributed by atoms with Crippen LogP contribution in [-0.4, -0.2) is 35.4 Å². The van der Waals surface area contributed by atoms with Gasteiger partial charge in [-0.1, -0.05) is 66.2 Å². The molecule has 0 heterocycles. The second-order valence-corrected chi connectivity index (χ2v) is 10.4. The van der Waals surface area contributed by atoms with E-state index in [0.29, 0.717) is 18.7 Å². The Hall–Kier alpha value is -3.60. The lowest BCUT2D eigenvalue weighted by molar-refractivity contribution is -0.141. The maximum absolute atomic E-state index is 14.0. The van der Waals surface area contributed by atoms with E-state index in [1.54, 1.807) is 12.0 Å². The highest BCUT2D eigenvalue weighted by Gasteiger charge is 2.32. The largest absolute Gasteiger partial charge is 0.497 e. The summed E-state index contributed by atoms with van der Waals surface area (Å²) in [5, 5.41) is 3.11. The summed E-state index contributed by atoms with van der Waals surface area (Å²) in [5.74, 6) is 0.466. The number of amides is 2. The highest BCUT2D eigenvalue weighted by atomic mass is 16.5. The lowest BCUT2D eigenvalue weighted by Gasteiger charge is -2.34. The number of methoxy groups -OCH3 is 1. The number of carbonyl (C=O) groups is 2. The normalized spacial score (nSPS) is 12.1. The lowest BCUT2D eigenvalue weighted by Crippen LogP contribution is -2.54. The Morgan fingerprint density at radius 3 is 2.28 bits per heavy atom. The van der Waals surface area contributed by atoms with Gasteiger partial charge in [0.05, 0.1) is 13.5 Å². The highest BCUT2D eigenvalue weighted by molar-refractivity contribution is 5.89. The van der Waals surface area contributed by atoms with Gasteiger partial charge in [0.2, 0.25) is 11.8 Å². The first-order chi connectivity index (χ1) is 17.1. The Morgan fingerprint density at radius 1 is 0.917 bits per heavy atom. The molecule has 2 amide bonds. The standard InChI is InChI=1S/C31H38N2O3/c1-22-15-16-23(2)26(17-22)20-29(34)33(21-25-13-10-14-27(18-25)36-6)28(30(35)32-31(3,4)5)19-24-11-8-7-9-12-24/h7-18,28H,19-21H2,1-6H3,(H,32,35)/t28-/m0/s1. The van der Waals surface area contributed by atoms with Gasteiger partial charge in [0.1, 0.15) is 11.8 Å². The smallest absolute Gasteiger partial charge is 0.243 e. The van der Waals surface area contributed by atoms with Crippen molar-refractivity contribution in [1.29, 1.82) is 0 Å². The number of benzene rings is 3. The number of hydrogen-bond acceptors (Lipinski definition) is 3. The van der Waals surface area contributed by atoms with Crippen LogP contribution in [-0.2, 0) is 29.0 Å². The molecule has 0 aliphatic heterocycles. The Labute approximate surface area is 215 Å². The average Bonchev–Trinajstić information content (AvgIpc) is 2.83. The molecule has 0 aliphatic rings. The summed E-state index contributed by atoms with van der Waals surface area (Å²) in [4.78, 5) is 29.3. The van der Waals surface area contributed by atoms with Crippen LogP contribution in [0.5, 0.6) is 5.75 Å². The SMILES string of the molecule is COc1cccc(CN(C(=O)Cc2cc(C)ccc2C)[C@@H](Cc2ccccc2)C(=O)NC(C)(C)C)c1. The van der Waals surface area contributed by atoms with Crippen molar-refractivity contribution < 1.29 is 14.3 Å². The molecular weight excluding hydrogens is 448 g/mol. The molecule has 190 valence electrons. The first-order valence-corrected chi connectivity index (χ1v) is 12.4. The van der Waals surface area contributed by atoms with E-state index in [4.69, 9.17) is 4.74 Å². The molecule has 0 unspecified atom stereocenters. The Bertz CT molecular complexity index is 1180. The molecule has 3 aromatic carbocycles. The van der Waals surface area contributed by atoms with Gasteiger partial charge in [-0.3, -0.25) is 9.59 Å². The molecule has 1 atom stereocenters. The van der Waals surface area contributed by atoms with Gasteiger partial charge in [-0.05, 0) is 69.0 Å². The predicted octanol–water partition coefficient (Wildman–Crippen LogP) is 5.41. The van der Waals surface area contributed by atoms with Crippen molar-refractivity contribution in [3.8, 4) is 5.75 Å². The molecular formula is C31H38N2O3. The number of hydrogen-bond donors (Lipinski definition) is 1. The quantitative estimate of drug-likeness (QED) is 0.440. The van der Waals surface area contributed by atoms with E-state index >= 15 is 0 Å². The third-order valence-electron chi connectivity index (χ3n) is 6.10. The van der Waals surface area contributed by atoms with Gasteiger partial charge in [0.25, 0.3) is 0 Å². The fourth-order valence-electron chi connectivity index (χ4n) is 4.23. The molecule has 0 spiro atoms. The van der Waals surface area contributed by atoms with Gasteiger partial charge in [0, 0.05) is 18.5 Å². The molecule has 0 bridgehead atoms. The van der Waals surface area contributed by atoms with Crippen LogP contribution in [0, 0.1) is 13.8 Å². The predicted molar refractivity (Wildman–Crippen MR) is 145 cm³/mol. The molecule has 0 aliphatic carbocycles. The summed E-state index contributed by atoms with van der Waals surface area (Å²) in [6.45, 7) is 10.2. The highest BCUT2D eigenvalue weighted by Crippen LogP contribution is 2.21. The molecule has 0 fully saturated rings. The van der Waals surface area contributed by atoms with Crippen LogP contribution < -0.4 is 10.1 Å². The molecule has 36 heavy (non-hydrogen) atoms. The first-order valence-electron chi connectivity index (χ1n) is 12.4. The molecule has 0 aromatic heterocycles. The topological polar surface area (TPSA) is 58.6 Å². The Kier molecular flexibility index (Phi) is 8.92. The van der Waals surface area contributed by atoms with Crippen LogP contribution in [0.25, 0.3) is 0 Å².